The summed E-state index contributed by atoms with van der Waals surface area (Å²) in [5, 5.41) is 5.82. The van der Waals surface area contributed by atoms with Crippen molar-refractivity contribution in [2.75, 3.05) is 26.0 Å². The highest BCUT2D eigenvalue weighted by Gasteiger charge is 2.33. The van der Waals surface area contributed by atoms with Gasteiger partial charge in [0, 0.05) is 11.9 Å². The first kappa shape index (κ1) is 19.8. The number of carbonyl (C=O) groups excluding carboxylic acids is 1. The highest BCUT2D eigenvalue weighted by atomic mass is 19.4. The Morgan fingerprint density at radius 2 is 1.79 bits per heavy atom. The zero-order chi connectivity index (χ0) is 20.3. The number of para-hydroxylation sites is 2. The van der Waals surface area contributed by atoms with Crippen LogP contribution in [-0.2, 0) is 6.18 Å². The van der Waals surface area contributed by atoms with Gasteiger partial charge in [-0.3, -0.25) is 4.90 Å². The maximum absolute atomic E-state index is 13.1. The Balaban J connectivity index is 1.70. The number of rotatable bonds is 5. The van der Waals surface area contributed by atoms with E-state index in [1.165, 1.54) is 18.2 Å². The van der Waals surface area contributed by atoms with Crippen LogP contribution in [0.4, 0.5) is 23.7 Å². The predicted molar refractivity (Wildman–Crippen MR) is 101 cm³/mol. The SMILES string of the molecule is CN(C)[C@H](CNC(=O)Nc1ccccc1C(F)(F)F)c1cc2ccccc2o1. The molecule has 0 unspecified atom stereocenters. The van der Waals surface area contributed by atoms with E-state index in [9.17, 15) is 18.0 Å². The van der Waals surface area contributed by atoms with Crippen molar-refractivity contribution < 1.29 is 22.4 Å². The van der Waals surface area contributed by atoms with Crippen LogP contribution in [0.2, 0.25) is 0 Å². The second-order valence-electron chi connectivity index (χ2n) is 6.54. The molecule has 148 valence electrons. The van der Waals surface area contributed by atoms with Gasteiger partial charge in [0.1, 0.15) is 11.3 Å². The molecular weight excluding hydrogens is 371 g/mol. The summed E-state index contributed by atoms with van der Waals surface area (Å²) in [5.74, 6) is 0.655. The molecule has 2 amide bonds. The second kappa shape index (κ2) is 7.93. The van der Waals surface area contributed by atoms with Crippen LogP contribution in [-0.4, -0.2) is 31.6 Å². The normalized spacial score (nSPS) is 12.9. The molecule has 2 aromatic carbocycles. The Hall–Kier alpha value is -3.00. The lowest BCUT2D eigenvalue weighted by atomic mass is 10.1. The molecule has 0 saturated carbocycles. The van der Waals surface area contributed by atoms with E-state index in [0.29, 0.717) is 5.76 Å². The van der Waals surface area contributed by atoms with Gasteiger partial charge in [-0.05, 0) is 38.4 Å². The lowest BCUT2D eigenvalue weighted by Gasteiger charge is -2.23. The molecule has 0 aliphatic rings. The molecule has 0 saturated heterocycles. The Labute approximate surface area is 160 Å². The van der Waals surface area contributed by atoms with Gasteiger partial charge < -0.3 is 15.1 Å². The fourth-order valence-corrected chi connectivity index (χ4v) is 2.90. The van der Waals surface area contributed by atoms with Crippen LogP contribution in [0.5, 0.6) is 0 Å². The van der Waals surface area contributed by atoms with Gasteiger partial charge in [-0.2, -0.15) is 13.2 Å². The number of carbonyl (C=O) groups is 1. The maximum atomic E-state index is 13.1. The second-order valence-corrected chi connectivity index (χ2v) is 6.54. The van der Waals surface area contributed by atoms with Gasteiger partial charge in [-0.15, -0.1) is 0 Å². The number of anilines is 1. The molecule has 5 nitrogen and oxygen atoms in total. The lowest BCUT2D eigenvalue weighted by molar-refractivity contribution is -0.136. The highest BCUT2D eigenvalue weighted by molar-refractivity contribution is 5.90. The van der Waals surface area contributed by atoms with Crippen LogP contribution < -0.4 is 10.6 Å². The topological polar surface area (TPSA) is 57.5 Å². The summed E-state index contributed by atoms with van der Waals surface area (Å²) in [6.07, 6.45) is -4.55. The molecule has 0 aliphatic carbocycles. The number of hydrogen-bond donors (Lipinski definition) is 2. The van der Waals surface area contributed by atoms with Crippen molar-refractivity contribution in [2.24, 2.45) is 0 Å². The number of benzene rings is 2. The summed E-state index contributed by atoms with van der Waals surface area (Å²) in [6, 6.07) is 13.3. The number of alkyl halides is 3. The summed E-state index contributed by atoms with van der Waals surface area (Å²) < 4.78 is 45.0. The van der Waals surface area contributed by atoms with Gasteiger partial charge in [0.15, 0.2) is 0 Å². The molecule has 3 rings (SSSR count). The third-order valence-electron chi connectivity index (χ3n) is 4.33. The number of amides is 2. The standard InChI is InChI=1S/C20H20F3N3O2/c1-26(2)16(18-11-13-7-3-6-10-17(13)28-18)12-24-19(27)25-15-9-5-4-8-14(15)20(21,22)23/h3-11,16H,12H2,1-2H3,(H2,24,25,27)/t16-/m1/s1. The van der Waals surface area contributed by atoms with Crippen molar-refractivity contribution in [1.82, 2.24) is 10.2 Å². The molecule has 0 bridgehead atoms. The van der Waals surface area contributed by atoms with E-state index in [-0.39, 0.29) is 18.3 Å². The van der Waals surface area contributed by atoms with Crippen LogP contribution in [0.15, 0.2) is 59.0 Å². The first-order valence-corrected chi connectivity index (χ1v) is 8.61. The molecule has 0 aliphatic heterocycles. The van der Waals surface area contributed by atoms with Gasteiger partial charge >= 0.3 is 12.2 Å². The average molecular weight is 391 g/mol. The van der Waals surface area contributed by atoms with E-state index < -0.39 is 17.8 Å². The molecule has 0 fully saturated rings. The summed E-state index contributed by atoms with van der Waals surface area (Å²) in [6.45, 7) is 0.160. The number of nitrogens with one attached hydrogen (secondary N) is 2. The summed E-state index contributed by atoms with van der Waals surface area (Å²) in [4.78, 5) is 14.0. The minimum Gasteiger partial charge on any atom is -0.459 e. The van der Waals surface area contributed by atoms with Crippen molar-refractivity contribution in [1.29, 1.82) is 0 Å². The zero-order valence-electron chi connectivity index (χ0n) is 15.4. The number of fused-ring (bicyclic) bond motifs is 1. The van der Waals surface area contributed by atoms with Gasteiger partial charge in [0.25, 0.3) is 0 Å². The van der Waals surface area contributed by atoms with Gasteiger partial charge in [-0.25, -0.2) is 4.79 Å². The molecular formula is C20H20F3N3O2. The third-order valence-corrected chi connectivity index (χ3v) is 4.33. The van der Waals surface area contributed by atoms with E-state index in [2.05, 4.69) is 10.6 Å². The molecule has 1 atom stereocenters. The number of furan rings is 1. The minimum absolute atomic E-state index is 0.160. The molecule has 0 spiro atoms. The van der Waals surface area contributed by atoms with E-state index in [0.717, 1.165) is 17.0 Å². The fraction of sp³-hybridized carbons (Fsp3) is 0.250. The van der Waals surface area contributed by atoms with E-state index in [1.54, 1.807) is 0 Å². The monoisotopic (exact) mass is 391 g/mol. The zero-order valence-corrected chi connectivity index (χ0v) is 15.4. The molecule has 2 N–H and O–H groups in total. The van der Waals surface area contributed by atoms with Crippen LogP contribution in [0, 0.1) is 0 Å². The van der Waals surface area contributed by atoms with Crippen LogP contribution >= 0.6 is 0 Å². The van der Waals surface area contributed by atoms with E-state index in [4.69, 9.17) is 4.42 Å². The van der Waals surface area contributed by atoms with E-state index >= 15 is 0 Å². The molecule has 0 radical (unpaired) electrons. The van der Waals surface area contributed by atoms with Crippen molar-refractivity contribution >= 4 is 22.7 Å². The lowest BCUT2D eigenvalue weighted by Crippen LogP contribution is -2.37. The van der Waals surface area contributed by atoms with E-state index in [1.807, 2.05) is 49.3 Å². The molecule has 1 aromatic heterocycles. The molecule has 8 heteroatoms. The average Bonchev–Trinajstić information content (AvgIpc) is 3.04. The number of urea groups is 1. The first-order valence-electron chi connectivity index (χ1n) is 8.61. The maximum Gasteiger partial charge on any atom is 0.418 e. The first-order chi connectivity index (χ1) is 13.3. The fourth-order valence-electron chi connectivity index (χ4n) is 2.90. The summed E-state index contributed by atoms with van der Waals surface area (Å²) >= 11 is 0. The van der Waals surface area contributed by atoms with Gasteiger partial charge in [-0.1, -0.05) is 30.3 Å². The Kier molecular flexibility index (Phi) is 5.60. The number of halogens is 3. The van der Waals surface area contributed by atoms with Crippen LogP contribution in [0.1, 0.15) is 17.4 Å². The van der Waals surface area contributed by atoms with Gasteiger partial charge in [0.05, 0.1) is 17.3 Å². The van der Waals surface area contributed by atoms with Crippen molar-refractivity contribution in [3.05, 3.63) is 65.9 Å². The Morgan fingerprint density at radius 3 is 2.46 bits per heavy atom. The quantitative estimate of drug-likeness (QED) is 0.652. The smallest absolute Gasteiger partial charge is 0.418 e. The van der Waals surface area contributed by atoms with Crippen molar-refractivity contribution in [3.63, 3.8) is 0 Å². The van der Waals surface area contributed by atoms with Crippen molar-refractivity contribution in [3.8, 4) is 0 Å². The molecule has 1 heterocycles. The number of likely N-dealkylation sites (N-methyl/N-ethyl adjacent to an activating group) is 1. The number of hydrogen-bond acceptors (Lipinski definition) is 3. The predicted octanol–water partition coefficient (Wildman–Crippen LogP) is 4.88. The van der Waals surface area contributed by atoms with Crippen LogP contribution in [0.25, 0.3) is 11.0 Å². The highest BCUT2D eigenvalue weighted by Crippen LogP contribution is 2.34. The molecule has 3 aromatic rings. The van der Waals surface area contributed by atoms with Crippen molar-refractivity contribution in [2.45, 2.75) is 12.2 Å². The largest absolute Gasteiger partial charge is 0.459 e. The Morgan fingerprint density at radius 1 is 1.11 bits per heavy atom. The molecule has 28 heavy (non-hydrogen) atoms. The minimum atomic E-state index is -4.55. The summed E-state index contributed by atoms with van der Waals surface area (Å²) in [5.41, 5.74) is -0.461. The van der Waals surface area contributed by atoms with Crippen LogP contribution in [0.3, 0.4) is 0 Å². The third kappa shape index (κ3) is 4.45. The Bertz CT molecular complexity index is 933. The summed E-state index contributed by atoms with van der Waals surface area (Å²) in [7, 11) is 3.66. The van der Waals surface area contributed by atoms with Gasteiger partial charge in [0.2, 0.25) is 0 Å². The number of nitrogens with zero attached hydrogens (tertiary/aromatic N) is 1.